The lowest BCUT2D eigenvalue weighted by molar-refractivity contribution is -0.184. The second-order valence-electron chi connectivity index (χ2n) is 11.5. The summed E-state index contributed by atoms with van der Waals surface area (Å²) in [6.45, 7) is 12.2. The van der Waals surface area contributed by atoms with Crippen LogP contribution in [0.3, 0.4) is 0 Å². The van der Waals surface area contributed by atoms with E-state index in [4.69, 9.17) is 5.73 Å². The molecular formula is C23H41NO. The summed E-state index contributed by atoms with van der Waals surface area (Å²) in [5.41, 5.74) is 7.43. The highest BCUT2D eigenvalue weighted by Gasteiger charge is 2.63. The lowest BCUT2D eigenvalue weighted by Crippen LogP contribution is -2.60. The van der Waals surface area contributed by atoms with Gasteiger partial charge in [0.15, 0.2) is 0 Å². The lowest BCUT2D eigenvalue weighted by Gasteiger charge is -2.65. The molecule has 0 amide bonds. The quantitative estimate of drug-likeness (QED) is 0.702. The Morgan fingerprint density at radius 2 is 1.36 bits per heavy atom. The van der Waals surface area contributed by atoms with Gasteiger partial charge in [-0.25, -0.2) is 0 Å². The first kappa shape index (κ1) is 18.3. The Morgan fingerprint density at radius 1 is 0.800 bits per heavy atom. The third-order valence-corrected chi connectivity index (χ3v) is 10.3. The molecule has 0 aromatic carbocycles. The van der Waals surface area contributed by atoms with Gasteiger partial charge in [-0.15, -0.1) is 0 Å². The Kier molecular flexibility index (Phi) is 4.18. The monoisotopic (exact) mass is 347 g/mol. The van der Waals surface area contributed by atoms with E-state index in [0.29, 0.717) is 22.8 Å². The molecule has 144 valence electrons. The molecule has 0 spiro atoms. The topological polar surface area (TPSA) is 46.2 Å². The third kappa shape index (κ3) is 2.35. The van der Waals surface area contributed by atoms with Gasteiger partial charge in [-0.1, -0.05) is 27.7 Å². The van der Waals surface area contributed by atoms with Gasteiger partial charge in [0.05, 0.1) is 6.10 Å². The summed E-state index contributed by atoms with van der Waals surface area (Å²) in [6, 6.07) is 0.360. The zero-order chi connectivity index (χ0) is 18.2. The molecule has 4 saturated carbocycles. The van der Waals surface area contributed by atoms with Crippen molar-refractivity contribution in [1.82, 2.24) is 0 Å². The average molecular weight is 348 g/mol. The van der Waals surface area contributed by atoms with E-state index in [9.17, 15) is 5.11 Å². The van der Waals surface area contributed by atoms with E-state index >= 15 is 0 Å². The SMILES string of the molecule is C[C@H](N)[C@H]1CC[C@]2(C)[C@@H]1CC[C@H]1[C@H]2CC[C@H]2C(C)(C)[C@@H](O)CC[C@]12C. The molecule has 0 bridgehead atoms. The van der Waals surface area contributed by atoms with Gasteiger partial charge in [0, 0.05) is 6.04 Å². The predicted molar refractivity (Wildman–Crippen MR) is 104 cm³/mol. The molecule has 25 heavy (non-hydrogen) atoms. The predicted octanol–water partition coefficient (Wildman–Crippen LogP) is 4.99. The number of fused-ring (bicyclic) bond motifs is 5. The molecule has 9 atom stereocenters. The van der Waals surface area contributed by atoms with Gasteiger partial charge in [-0.05, 0) is 104 Å². The molecule has 4 aliphatic rings. The molecule has 0 saturated heterocycles. The summed E-state index contributed by atoms with van der Waals surface area (Å²) in [6.07, 6.45) is 10.4. The molecule has 4 fully saturated rings. The number of nitrogens with two attached hydrogens (primary N) is 1. The summed E-state index contributed by atoms with van der Waals surface area (Å²) in [5.74, 6) is 4.06. The van der Waals surface area contributed by atoms with E-state index in [1.54, 1.807) is 0 Å². The van der Waals surface area contributed by atoms with Crippen molar-refractivity contribution in [3.63, 3.8) is 0 Å². The minimum Gasteiger partial charge on any atom is -0.393 e. The van der Waals surface area contributed by atoms with E-state index in [1.165, 1.54) is 44.9 Å². The first-order valence-corrected chi connectivity index (χ1v) is 11.1. The van der Waals surface area contributed by atoms with Crippen LogP contribution < -0.4 is 5.73 Å². The summed E-state index contributed by atoms with van der Waals surface area (Å²) < 4.78 is 0. The molecular weight excluding hydrogens is 306 g/mol. The van der Waals surface area contributed by atoms with E-state index in [-0.39, 0.29) is 11.5 Å². The van der Waals surface area contributed by atoms with Gasteiger partial charge in [-0.2, -0.15) is 0 Å². The van der Waals surface area contributed by atoms with E-state index in [1.807, 2.05) is 0 Å². The summed E-state index contributed by atoms with van der Waals surface area (Å²) in [4.78, 5) is 0. The fourth-order valence-corrected chi connectivity index (χ4v) is 8.89. The van der Waals surface area contributed by atoms with Gasteiger partial charge < -0.3 is 10.8 Å². The van der Waals surface area contributed by atoms with Crippen molar-refractivity contribution in [3.8, 4) is 0 Å². The van der Waals surface area contributed by atoms with Crippen LogP contribution in [0.1, 0.15) is 86.0 Å². The number of hydrogen-bond donors (Lipinski definition) is 2. The number of hydrogen-bond acceptors (Lipinski definition) is 2. The maximum Gasteiger partial charge on any atom is 0.0594 e. The smallest absolute Gasteiger partial charge is 0.0594 e. The summed E-state index contributed by atoms with van der Waals surface area (Å²) in [5, 5.41) is 10.7. The van der Waals surface area contributed by atoms with Gasteiger partial charge in [-0.3, -0.25) is 0 Å². The average Bonchev–Trinajstić information content (AvgIpc) is 2.89. The first-order chi connectivity index (χ1) is 11.6. The minimum atomic E-state index is -0.108. The van der Waals surface area contributed by atoms with E-state index < -0.39 is 0 Å². The number of rotatable bonds is 1. The minimum absolute atomic E-state index is 0.0830. The van der Waals surface area contributed by atoms with Crippen molar-refractivity contribution in [2.75, 3.05) is 0 Å². The van der Waals surface area contributed by atoms with Gasteiger partial charge in [0.2, 0.25) is 0 Å². The second kappa shape index (κ2) is 5.71. The Labute approximate surface area is 155 Å². The molecule has 0 heterocycles. The largest absolute Gasteiger partial charge is 0.393 e. The highest BCUT2D eigenvalue weighted by atomic mass is 16.3. The molecule has 2 heteroatoms. The van der Waals surface area contributed by atoms with Gasteiger partial charge >= 0.3 is 0 Å². The van der Waals surface area contributed by atoms with Crippen molar-refractivity contribution in [3.05, 3.63) is 0 Å². The van der Waals surface area contributed by atoms with Crippen molar-refractivity contribution in [2.24, 2.45) is 51.6 Å². The maximum atomic E-state index is 10.7. The Balaban J connectivity index is 1.66. The van der Waals surface area contributed by atoms with Crippen LogP contribution in [0, 0.1) is 45.8 Å². The van der Waals surface area contributed by atoms with E-state index in [0.717, 1.165) is 30.1 Å². The van der Waals surface area contributed by atoms with Crippen molar-refractivity contribution >= 4 is 0 Å². The zero-order valence-corrected chi connectivity index (χ0v) is 17.2. The second-order valence-corrected chi connectivity index (χ2v) is 11.5. The van der Waals surface area contributed by atoms with Crippen molar-refractivity contribution in [2.45, 2.75) is 98.1 Å². The standard InChI is InChI=1S/C23H41NO/c1-14(24)15-10-12-22(4)16(15)6-7-18-17(22)8-9-19-21(2,3)20(25)11-13-23(18,19)5/h14-20,25H,6-13,24H2,1-5H3/t14-,15+,16+,17+,18-,19-,20-,22+,23+/m0/s1. The Hall–Kier alpha value is -0.0800. The normalized spacial score (nSPS) is 55.8. The van der Waals surface area contributed by atoms with Crippen LogP contribution in [0.4, 0.5) is 0 Å². The lowest BCUT2D eigenvalue weighted by atomic mass is 9.40. The van der Waals surface area contributed by atoms with E-state index in [2.05, 4.69) is 34.6 Å². The molecule has 0 aromatic heterocycles. The van der Waals surface area contributed by atoms with Crippen LogP contribution in [0.25, 0.3) is 0 Å². The molecule has 3 N–H and O–H groups in total. The summed E-state index contributed by atoms with van der Waals surface area (Å²) >= 11 is 0. The first-order valence-electron chi connectivity index (χ1n) is 11.1. The Bertz CT molecular complexity index is 528. The van der Waals surface area contributed by atoms with Crippen LogP contribution in [-0.2, 0) is 0 Å². The molecule has 0 unspecified atom stereocenters. The van der Waals surface area contributed by atoms with Gasteiger partial charge in [0.1, 0.15) is 0 Å². The van der Waals surface area contributed by atoms with Crippen LogP contribution in [0.2, 0.25) is 0 Å². The van der Waals surface area contributed by atoms with Crippen LogP contribution >= 0.6 is 0 Å². The molecule has 2 nitrogen and oxygen atoms in total. The highest BCUT2D eigenvalue weighted by molar-refractivity contribution is 5.13. The zero-order valence-electron chi connectivity index (χ0n) is 17.2. The van der Waals surface area contributed by atoms with Crippen LogP contribution in [0.15, 0.2) is 0 Å². The third-order valence-electron chi connectivity index (χ3n) is 10.3. The molecule has 0 aromatic rings. The molecule has 4 aliphatic carbocycles. The number of aliphatic hydroxyl groups is 1. The molecule has 4 rings (SSSR count). The van der Waals surface area contributed by atoms with Crippen molar-refractivity contribution in [1.29, 1.82) is 0 Å². The van der Waals surface area contributed by atoms with Crippen molar-refractivity contribution < 1.29 is 5.11 Å². The van der Waals surface area contributed by atoms with Crippen LogP contribution in [0.5, 0.6) is 0 Å². The Morgan fingerprint density at radius 3 is 2.04 bits per heavy atom. The maximum absolute atomic E-state index is 10.7. The van der Waals surface area contributed by atoms with Crippen LogP contribution in [-0.4, -0.2) is 17.3 Å². The van der Waals surface area contributed by atoms with Gasteiger partial charge in [0.25, 0.3) is 0 Å². The number of aliphatic hydroxyl groups excluding tert-OH is 1. The summed E-state index contributed by atoms with van der Waals surface area (Å²) in [7, 11) is 0. The molecule has 0 aliphatic heterocycles. The molecule has 0 radical (unpaired) electrons. The highest BCUT2D eigenvalue weighted by Crippen LogP contribution is 2.70. The fraction of sp³-hybridized carbons (Fsp3) is 1.00. The fourth-order valence-electron chi connectivity index (χ4n) is 8.89.